The maximum absolute atomic E-state index is 13.4. The lowest BCUT2D eigenvalue weighted by Crippen LogP contribution is -2.91. The van der Waals surface area contributed by atoms with Gasteiger partial charge in [0.25, 0.3) is 0 Å². The van der Waals surface area contributed by atoms with E-state index in [-0.39, 0.29) is 17.9 Å². The van der Waals surface area contributed by atoms with Gasteiger partial charge in [0.15, 0.2) is 11.6 Å². The summed E-state index contributed by atoms with van der Waals surface area (Å²) < 4.78 is 26.4. The van der Waals surface area contributed by atoms with Gasteiger partial charge in [-0.25, -0.2) is 8.78 Å². The number of benzene rings is 2. The van der Waals surface area contributed by atoms with Gasteiger partial charge in [-0.3, -0.25) is 4.79 Å². The number of ketones is 1. The molecule has 0 aliphatic heterocycles. The van der Waals surface area contributed by atoms with Crippen molar-refractivity contribution in [1.82, 2.24) is 4.98 Å². The highest BCUT2D eigenvalue weighted by Crippen LogP contribution is 2.19. The van der Waals surface area contributed by atoms with Crippen LogP contribution in [0.1, 0.15) is 35.8 Å². The number of para-hydroxylation sites is 1. The fourth-order valence-corrected chi connectivity index (χ4v) is 2.95. The summed E-state index contributed by atoms with van der Waals surface area (Å²) in [6.07, 6.45) is 1.72. The summed E-state index contributed by atoms with van der Waals surface area (Å²) in [5.41, 5.74) is 2.21. The molecule has 3 nitrogen and oxygen atoms in total. The normalized spacial score (nSPS) is 13.8. The first-order valence-electron chi connectivity index (χ1n) is 7.87. The molecule has 0 amide bonds. The molecule has 5 heteroatoms. The van der Waals surface area contributed by atoms with Crippen LogP contribution in [0.3, 0.4) is 0 Å². The number of Topliss-reactive ketones (excluding diaryl/α,β-unsaturated/α-hetero) is 1. The van der Waals surface area contributed by atoms with E-state index in [1.54, 1.807) is 12.3 Å². The summed E-state index contributed by atoms with van der Waals surface area (Å²) >= 11 is 0. The van der Waals surface area contributed by atoms with Gasteiger partial charge in [-0.15, -0.1) is 0 Å². The molecule has 124 valence electrons. The summed E-state index contributed by atoms with van der Waals surface area (Å²) in [5, 5.41) is 2.75. The van der Waals surface area contributed by atoms with Crippen LogP contribution in [0.15, 0.2) is 48.7 Å². The number of rotatable bonds is 5. The van der Waals surface area contributed by atoms with Crippen LogP contribution in [0.25, 0.3) is 10.9 Å². The van der Waals surface area contributed by atoms with Crippen molar-refractivity contribution in [2.45, 2.75) is 25.9 Å². The molecular formula is C19H19F2N2O+. The van der Waals surface area contributed by atoms with E-state index < -0.39 is 11.6 Å². The van der Waals surface area contributed by atoms with Crippen LogP contribution in [0.2, 0.25) is 0 Å². The Morgan fingerprint density at radius 2 is 1.83 bits per heavy atom. The van der Waals surface area contributed by atoms with Gasteiger partial charge in [-0.05, 0) is 38.1 Å². The number of aromatic amines is 1. The Balaban J connectivity index is 1.77. The van der Waals surface area contributed by atoms with Gasteiger partial charge in [-0.2, -0.15) is 0 Å². The van der Waals surface area contributed by atoms with Crippen LogP contribution < -0.4 is 5.32 Å². The van der Waals surface area contributed by atoms with Gasteiger partial charge in [0.05, 0.1) is 0 Å². The topological polar surface area (TPSA) is 49.5 Å². The van der Waals surface area contributed by atoms with Crippen LogP contribution in [0.4, 0.5) is 8.78 Å². The Bertz CT molecular complexity index is 888. The molecule has 0 aliphatic carbocycles. The van der Waals surface area contributed by atoms with Gasteiger partial charge in [0.1, 0.15) is 12.1 Å². The lowest BCUT2D eigenvalue weighted by molar-refractivity contribution is -0.709. The molecule has 0 saturated heterocycles. The molecule has 3 rings (SSSR count). The first-order valence-corrected chi connectivity index (χ1v) is 7.87. The SMILES string of the molecule is C[C@H]([NH2+][C@H](C)C(=O)c1c[nH]c2ccccc12)c1ccc(F)c(F)c1. The zero-order chi connectivity index (χ0) is 17.3. The van der Waals surface area contributed by atoms with E-state index in [2.05, 4.69) is 4.98 Å². The number of carbonyl (C=O) groups excluding carboxylic acids is 1. The quantitative estimate of drug-likeness (QED) is 0.693. The van der Waals surface area contributed by atoms with E-state index in [1.165, 1.54) is 6.07 Å². The summed E-state index contributed by atoms with van der Waals surface area (Å²) in [6.45, 7) is 3.69. The zero-order valence-electron chi connectivity index (χ0n) is 13.5. The average molecular weight is 329 g/mol. The summed E-state index contributed by atoms with van der Waals surface area (Å²) in [5.74, 6) is -1.74. The van der Waals surface area contributed by atoms with Crippen LogP contribution >= 0.6 is 0 Å². The number of fused-ring (bicyclic) bond motifs is 1. The highest BCUT2D eigenvalue weighted by Gasteiger charge is 2.24. The van der Waals surface area contributed by atoms with E-state index in [1.807, 2.05) is 43.4 Å². The number of nitrogens with two attached hydrogens (primary N) is 1. The van der Waals surface area contributed by atoms with Crippen molar-refractivity contribution in [1.29, 1.82) is 0 Å². The second kappa shape index (κ2) is 6.53. The molecule has 24 heavy (non-hydrogen) atoms. The van der Waals surface area contributed by atoms with E-state index in [9.17, 15) is 13.6 Å². The summed E-state index contributed by atoms with van der Waals surface area (Å²) in [4.78, 5) is 15.8. The third-order valence-corrected chi connectivity index (χ3v) is 4.32. The van der Waals surface area contributed by atoms with Gasteiger partial charge in [0, 0.05) is 28.2 Å². The number of quaternary nitrogens is 1. The molecule has 0 saturated carbocycles. The predicted octanol–water partition coefficient (Wildman–Crippen LogP) is 3.34. The van der Waals surface area contributed by atoms with Gasteiger partial charge >= 0.3 is 0 Å². The average Bonchev–Trinajstić information content (AvgIpc) is 3.00. The van der Waals surface area contributed by atoms with E-state index in [0.29, 0.717) is 11.1 Å². The monoisotopic (exact) mass is 329 g/mol. The molecule has 2 atom stereocenters. The molecule has 1 heterocycles. The lowest BCUT2D eigenvalue weighted by Gasteiger charge is -2.16. The highest BCUT2D eigenvalue weighted by atomic mass is 19.2. The molecule has 0 aliphatic rings. The Labute approximate surface area is 138 Å². The van der Waals surface area contributed by atoms with Crippen molar-refractivity contribution in [3.8, 4) is 0 Å². The van der Waals surface area contributed by atoms with Crippen LogP contribution in [0, 0.1) is 11.6 Å². The van der Waals surface area contributed by atoms with E-state index >= 15 is 0 Å². The molecule has 3 aromatic rings. The first-order chi connectivity index (χ1) is 11.5. The van der Waals surface area contributed by atoms with E-state index in [0.717, 1.165) is 17.0 Å². The smallest absolute Gasteiger partial charge is 0.221 e. The summed E-state index contributed by atoms with van der Waals surface area (Å²) in [7, 11) is 0. The van der Waals surface area contributed by atoms with Crippen LogP contribution in [-0.4, -0.2) is 16.8 Å². The molecular weight excluding hydrogens is 310 g/mol. The van der Waals surface area contributed by atoms with Crippen molar-refractivity contribution in [2.24, 2.45) is 0 Å². The minimum absolute atomic E-state index is 0.00174. The fourth-order valence-electron chi connectivity index (χ4n) is 2.95. The van der Waals surface area contributed by atoms with Gasteiger partial charge < -0.3 is 10.3 Å². The van der Waals surface area contributed by atoms with Crippen molar-refractivity contribution in [3.63, 3.8) is 0 Å². The molecule has 0 fully saturated rings. The molecule has 0 spiro atoms. The van der Waals surface area contributed by atoms with E-state index in [4.69, 9.17) is 0 Å². The fraction of sp³-hybridized carbons (Fsp3) is 0.211. The standard InChI is InChI=1S/C19H18F2N2O/c1-11(13-7-8-16(20)17(21)9-13)23-12(2)19(24)15-10-22-18-6-4-3-5-14(15)18/h3-12,22-23H,1-2H3/p+1/t11-,12+/m0/s1. The Morgan fingerprint density at radius 3 is 2.58 bits per heavy atom. The van der Waals surface area contributed by atoms with Crippen molar-refractivity contribution in [2.75, 3.05) is 0 Å². The third kappa shape index (κ3) is 3.08. The number of hydrogen-bond donors (Lipinski definition) is 2. The number of carbonyl (C=O) groups is 1. The minimum Gasteiger partial charge on any atom is -0.360 e. The largest absolute Gasteiger partial charge is 0.360 e. The van der Waals surface area contributed by atoms with Gasteiger partial charge in [-0.1, -0.05) is 18.2 Å². The molecule has 0 radical (unpaired) electrons. The second-order valence-corrected chi connectivity index (χ2v) is 6.06. The van der Waals surface area contributed by atoms with Crippen molar-refractivity contribution >= 4 is 16.7 Å². The van der Waals surface area contributed by atoms with Gasteiger partial charge in [0.2, 0.25) is 5.78 Å². The van der Waals surface area contributed by atoms with Crippen molar-refractivity contribution < 1.29 is 18.9 Å². The maximum atomic E-state index is 13.4. The highest BCUT2D eigenvalue weighted by molar-refractivity contribution is 6.09. The molecule has 3 N–H and O–H groups in total. The number of nitrogens with one attached hydrogen (secondary N) is 1. The van der Waals surface area contributed by atoms with Crippen molar-refractivity contribution in [3.05, 3.63) is 71.4 Å². The third-order valence-electron chi connectivity index (χ3n) is 4.32. The molecule has 0 unspecified atom stereocenters. The second-order valence-electron chi connectivity index (χ2n) is 6.06. The summed E-state index contributed by atoms with van der Waals surface area (Å²) in [6, 6.07) is 11.0. The zero-order valence-corrected chi connectivity index (χ0v) is 13.5. The molecule has 1 aromatic heterocycles. The molecule has 2 aromatic carbocycles. The predicted molar refractivity (Wildman–Crippen MR) is 88.8 cm³/mol. The number of halogens is 2. The number of hydrogen-bond acceptors (Lipinski definition) is 1. The first kappa shape index (κ1) is 16.3. The maximum Gasteiger partial charge on any atom is 0.221 e. The Kier molecular flexibility index (Phi) is 4.44. The van der Waals surface area contributed by atoms with Crippen LogP contribution in [0.5, 0.6) is 0 Å². The Hall–Kier alpha value is -2.53. The number of H-pyrrole nitrogens is 1. The molecule has 0 bridgehead atoms. The lowest BCUT2D eigenvalue weighted by atomic mass is 10.0. The Morgan fingerprint density at radius 1 is 1.08 bits per heavy atom. The minimum atomic E-state index is -0.872. The van der Waals surface area contributed by atoms with Crippen LogP contribution in [-0.2, 0) is 0 Å². The number of aromatic nitrogens is 1.